The van der Waals surface area contributed by atoms with Crippen molar-refractivity contribution in [3.63, 3.8) is 0 Å². The molecule has 0 unspecified atom stereocenters. The van der Waals surface area contributed by atoms with Crippen LogP contribution in [0, 0.1) is 0 Å². The predicted molar refractivity (Wildman–Crippen MR) is 54.7 cm³/mol. The molecule has 1 rings (SSSR count). The van der Waals surface area contributed by atoms with Gasteiger partial charge < -0.3 is 24.8 Å². The molecule has 0 N–H and O–H groups in total. The number of allylic oxidation sites excluding steroid dienone is 4. The summed E-state index contributed by atoms with van der Waals surface area (Å²) < 4.78 is 7.34. The zero-order chi connectivity index (χ0) is 9.90. The Bertz CT molecular complexity index is 252. The Labute approximate surface area is 118 Å². The first kappa shape index (κ1) is 18.3. The van der Waals surface area contributed by atoms with Gasteiger partial charge in [0.2, 0.25) is 0 Å². The zero-order valence-electron chi connectivity index (χ0n) is 9.44. The molecule has 0 aromatic carbocycles. The molecule has 15 heavy (non-hydrogen) atoms. The molecule has 5 heteroatoms. The minimum absolute atomic E-state index is 0. The molecule has 0 heterocycles. The topological polar surface area (TPSA) is 9.23 Å². The van der Waals surface area contributed by atoms with Crippen molar-refractivity contribution in [3.8, 4) is 0 Å². The van der Waals surface area contributed by atoms with Crippen molar-refractivity contribution in [1.82, 2.24) is 0 Å². The van der Waals surface area contributed by atoms with E-state index in [2.05, 4.69) is 52.6 Å². The molecule has 0 fully saturated rings. The predicted octanol–water partition coefficient (Wildman–Crippen LogP) is -3.00. The van der Waals surface area contributed by atoms with Crippen LogP contribution in [-0.2, 0) is 24.9 Å². The molecular weight excluding hydrogens is 283 g/mol. The van der Waals surface area contributed by atoms with Crippen LogP contribution in [0.25, 0.3) is 0 Å². The maximum absolute atomic E-state index is 5.81. The smallest absolute Gasteiger partial charge is 1.00 e. The summed E-state index contributed by atoms with van der Waals surface area (Å²) in [6.45, 7) is 7.53. The Morgan fingerprint density at radius 3 is 2.40 bits per heavy atom. The third-order valence-corrected chi connectivity index (χ3v) is 5.30. The van der Waals surface area contributed by atoms with Crippen LogP contribution < -0.4 is 24.8 Å². The molecular formula is C10H17Cl2OSiTi. The van der Waals surface area contributed by atoms with Gasteiger partial charge in [0.05, 0.1) is 0 Å². The fourth-order valence-electron chi connectivity index (χ4n) is 1.62. The van der Waals surface area contributed by atoms with E-state index in [0.717, 1.165) is 13.0 Å². The summed E-state index contributed by atoms with van der Waals surface area (Å²) in [5.74, 6) is 0. The molecule has 1 aliphatic rings. The first-order chi connectivity index (χ1) is 6.05. The second kappa shape index (κ2) is 8.10. The van der Waals surface area contributed by atoms with Gasteiger partial charge in [-0.3, -0.25) is 0 Å². The van der Waals surface area contributed by atoms with Gasteiger partial charge in [0.15, 0.2) is 0 Å². The average Bonchev–Trinajstić information content (AvgIpc) is 2.35. The van der Waals surface area contributed by atoms with Gasteiger partial charge in [0.25, 0.3) is 0 Å². The van der Waals surface area contributed by atoms with Crippen LogP contribution in [-0.4, -0.2) is 14.9 Å². The number of rotatable bonds is 4. The van der Waals surface area contributed by atoms with Crippen molar-refractivity contribution < 1.29 is 49.7 Å². The summed E-state index contributed by atoms with van der Waals surface area (Å²) in [5.41, 5.74) is 1.52. The van der Waals surface area contributed by atoms with Gasteiger partial charge in [-0.2, -0.15) is 0 Å². The Morgan fingerprint density at radius 2 is 2.00 bits per heavy atom. The maximum atomic E-state index is 5.81. The van der Waals surface area contributed by atoms with Crippen molar-refractivity contribution in [3.05, 3.63) is 21.6 Å². The molecule has 0 radical (unpaired) electrons. The average molecular weight is 300 g/mol. The summed E-state index contributed by atoms with van der Waals surface area (Å²) in [4.78, 5) is 0. The van der Waals surface area contributed by atoms with Crippen molar-refractivity contribution in [2.24, 2.45) is 0 Å². The van der Waals surface area contributed by atoms with Crippen molar-refractivity contribution in [2.45, 2.75) is 32.5 Å². The SMILES string of the molecule is CCO[Si](C)(C)CC1=[C]([Ti+2])CC=C1.[Cl-].[Cl-]. The number of hydrogen-bond acceptors (Lipinski definition) is 1. The van der Waals surface area contributed by atoms with Gasteiger partial charge in [0.1, 0.15) is 0 Å². The molecule has 0 aromatic heterocycles. The monoisotopic (exact) mass is 299 g/mol. The van der Waals surface area contributed by atoms with E-state index in [9.17, 15) is 0 Å². The molecule has 0 bridgehead atoms. The summed E-state index contributed by atoms with van der Waals surface area (Å²) in [6.07, 6.45) is 5.66. The van der Waals surface area contributed by atoms with E-state index in [1.165, 1.54) is 15.5 Å². The summed E-state index contributed by atoms with van der Waals surface area (Å²) >= 11 is 2.23. The van der Waals surface area contributed by atoms with Crippen molar-refractivity contribution in [2.75, 3.05) is 6.61 Å². The number of hydrogen-bond donors (Lipinski definition) is 0. The van der Waals surface area contributed by atoms with Gasteiger partial charge in [-0.25, -0.2) is 0 Å². The fourth-order valence-corrected chi connectivity index (χ4v) is 4.48. The van der Waals surface area contributed by atoms with Gasteiger partial charge in [-0.05, 0) is 0 Å². The molecule has 1 nitrogen and oxygen atoms in total. The maximum Gasteiger partial charge on any atom is -1.00 e. The molecule has 0 aromatic rings. The summed E-state index contributed by atoms with van der Waals surface area (Å²) in [7, 11) is -1.42. The second-order valence-electron chi connectivity index (χ2n) is 3.98. The molecule has 0 atom stereocenters. The third-order valence-electron chi connectivity index (χ3n) is 2.18. The van der Waals surface area contributed by atoms with Gasteiger partial charge in [-0.15, -0.1) is 0 Å². The Hall–Kier alpha value is 0.951. The van der Waals surface area contributed by atoms with E-state index in [0.29, 0.717) is 0 Å². The minimum atomic E-state index is -1.42. The Kier molecular flexibility index (Phi) is 9.90. The van der Waals surface area contributed by atoms with Crippen molar-refractivity contribution >= 4 is 8.32 Å². The minimum Gasteiger partial charge on any atom is -1.00 e. The van der Waals surface area contributed by atoms with Gasteiger partial charge >= 0.3 is 93.9 Å². The quantitative estimate of drug-likeness (QED) is 0.503. The van der Waals surface area contributed by atoms with E-state index in [4.69, 9.17) is 4.43 Å². The molecule has 1 aliphatic carbocycles. The molecule has 0 saturated carbocycles. The first-order valence-electron chi connectivity index (χ1n) is 4.79. The Balaban J connectivity index is 0. The van der Waals surface area contributed by atoms with E-state index < -0.39 is 8.32 Å². The summed E-state index contributed by atoms with van der Waals surface area (Å²) in [5, 5.41) is 0. The van der Waals surface area contributed by atoms with E-state index in [-0.39, 0.29) is 24.8 Å². The van der Waals surface area contributed by atoms with E-state index in [1.807, 2.05) is 0 Å². The molecule has 0 amide bonds. The third kappa shape index (κ3) is 6.30. The molecule has 0 spiro atoms. The van der Waals surface area contributed by atoms with Crippen molar-refractivity contribution in [1.29, 1.82) is 0 Å². The standard InChI is InChI=1S/C10H17OSi.2ClH.Ti/c1-4-11-12(2,3)9-10-7-5-6-8-10;;;/h5,7H,4,6,9H2,1-3H3;2*1H;/q;;;+2/p-2. The van der Waals surface area contributed by atoms with E-state index in [1.54, 1.807) is 0 Å². The van der Waals surface area contributed by atoms with Crippen LogP contribution in [0.15, 0.2) is 21.6 Å². The van der Waals surface area contributed by atoms with Gasteiger partial charge in [0, 0.05) is 0 Å². The van der Waals surface area contributed by atoms with Crippen LogP contribution in [0.3, 0.4) is 0 Å². The van der Waals surface area contributed by atoms with Crippen LogP contribution in [0.2, 0.25) is 19.1 Å². The van der Waals surface area contributed by atoms with Crippen LogP contribution in [0.1, 0.15) is 13.3 Å². The summed E-state index contributed by atoms with van der Waals surface area (Å²) in [6, 6.07) is 1.17. The van der Waals surface area contributed by atoms with E-state index >= 15 is 0 Å². The first-order valence-corrected chi connectivity index (χ1v) is 8.69. The Morgan fingerprint density at radius 1 is 1.40 bits per heavy atom. The zero-order valence-corrected chi connectivity index (χ0v) is 13.5. The van der Waals surface area contributed by atoms with Gasteiger partial charge in [-0.1, -0.05) is 0 Å². The van der Waals surface area contributed by atoms with Crippen LogP contribution in [0.4, 0.5) is 0 Å². The molecule has 85 valence electrons. The molecule has 0 saturated heterocycles. The number of halogens is 2. The van der Waals surface area contributed by atoms with Crippen LogP contribution >= 0.6 is 0 Å². The fraction of sp³-hybridized carbons (Fsp3) is 0.600. The van der Waals surface area contributed by atoms with Crippen LogP contribution in [0.5, 0.6) is 0 Å². The largest absolute Gasteiger partial charge is 1.00 e. The normalized spacial score (nSPS) is 15.0. The second-order valence-corrected chi connectivity index (χ2v) is 9.08. The molecule has 0 aliphatic heterocycles.